The van der Waals surface area contributed by atoms with E-state index >= 15 is 0 Å². The number of nitriles is 1. The number of anilines is 2. The van der Waals surface area contributed by atoms with Crippen LogP contribution >= 0.6 is 0 Å². The predicted octanol–water partition coefficient (Wildman–Crippen LogP) is 1.79. The second-order valence-corrected chi connectivity index (χ2v) is 3.64. The van der Waals surface area contributed by atoms with Gasteiger partial charge in [-0.05, 0) is 26.0 Å². The minimum atomic E-state index is 0.328. The number of rotatable bonds is 4. The molecule has 0 aliphatic carbocycles. The first-order valence-electron chi connectivity index (χ1n) is 5.00. The first-order chi connectivity index (χ1) is 7.15. The molecular formula is C11H16N4. The third-order valence-electron chi connectivity index (χ3n) is 2.15. The fraction of sp³-hybridized carbons (Fsp3) is 0.455. The summed E-state index contributed by atoms with van der Waals surface area (Å²) >= 11 is 0. The molecule has 4 nitrogen and oxygen atoms in total. The van der Waals surface area contributed by atoms with Gasteiger partial charge in [-0.2, -0.15) is 5.26 Å². The molecule has 0 fully saturated rings. The third kappa shape index (κ3) is 3.13. The number of hydrogen-bond donors (Lipinski definition) is 1. The van der Waals surface area contributed by atoms with Crippen LogP contribution in [0.3, 0.4) is 0 Å². The first kappa shape index (κ1) is 11.3. The molecule has 0 unspecified atom stereocenters. The van der Waals surface area contributed by atoms with Crippen molar-refractivity contribution >= 4 is 11.5 Å². The van der Waals surface area contributed by atoms with Crippen LogP contribution in [0.25, 0.3) is 0 Å². The monoisotopic (exact) mass is 204 g/mol. The average molecular weight is 204 g/mol. The van der Waals surface area contributed by atoms with Crippen LogP contribution in [0, 0.1) is 11.3 Å². The molecule has 0 aliphatic rings. The Labute approximate surface area is 90.3 Å². The first-order valence-corrected chi connectivity index (χ1v) is 5.00. The highest BCUT2D eigenvalue weighted by Gasteiger charge is 2.10. The van der Waals surface area contributed by atoms with Gasteiger partial charge < -0.3 is 10.6 Å². The lowest BCUT2D eigenvalue weighted by atomic mass is 10.2. The summed E-state index contributed by atoms with van der Waals surface area (Å²) in [5.74, 6) is 0.870. The van der Waals surface area contributed by atoms with E-state index in [-0.39, 0.29) is 0 Å². The second-order valence-electron chi connectivity index (χ2n) is 3.64. The van der Waals surface area contributed by atoms with Gasteiger partial charge in [-0.25, -0.2) is 4.98 Å². The Bertz CT molecular complexity index is 337. The zero-order valence-electron chi connectivity index (χ0n) is 9.14. The maximum absolute atomic E-state index is 8.57. The lowest BCUT2D eigenvalue weighted by Gasteiger charge is -2.26. The minimum Gasteiger partial charge on any atom is -0.397 e. The quantitative estimate of drug-likeness (QED) is 0.812. The molecule has 0 saturated carbocycles. The zero-order valence-corrected chi connectivity index (χ0v) is 9.14. The number of hydrogen-bond acceptors (Lipinski definition) is 4. The lowest BCUT2D eigenvalue weighted by molar-refractivity contribution is 0.677. The van der Waals surface area contributed by atoms with Crippen molar-refractivity contribution in [2.24, 2.45) is 0 Å². The van der Waals surface area contributed by atoms with Gasteiger partial charge in [-0.3, -0.25) is 0 Å². The standard InChI is InChI=1S/C11H16N4/c1-9(2)15(7-3-6-12)11-5-4-10(13)8-14-11/h4-5,8-9H,3,7,13H2,1-2H3. The van der Waals surface area contributed by atoms with Crippen molar-refractivity contribution in [2.45, 2.75) is 26.3 Å². The molecule has 0 aliphatic heterocycles. The molecule has 4 heteroatoms. The van der Waals surface area contributed by atoms with Crippen LogP contribution in [0.5, 0.6) is 0 Å². The highest BCUT2D eigenvalue weighted by atomic mass is 15.2. The van der Waals surface area contributed by atoms with Crippen molar-refractivity contribution in [2.75, 3.05) is 17.2 Å². The molecule has 0 amide bonds. The maximum Gasteiger partial charge on any atom is 0.128 e. The van der Waals surface area contributed by atoms with E-state index in [1.165, 1.54) is 0 Å². The minimum absolute atomic E-state index is 0.328. The summed E-state index contributed by atoms with van der Waals surface area (Å²) in [5, 5.41) is 8.57. The lowest BCUT2D eigenvalue weighted by Crippen LogP contribution is -2.32. The van der Waals surface area contributed by atoms with E-state index in [1.54, 1.807) is 6.20 Å². The molecule has 1 rings (SSSR count). The summed E-state index contributed by atoms with van der Waals surface area (Å²) in [5.41, 5.74) is 6.23. The Morgan fingerprint density at radius 1 is 1.53 bits per heavy atom. The van der Waals surface area contributed by atoms with Crippen molar-refractivity contribution in [3.8, 4) is 6.07 Å². The molecule has 15 heavy (non-hydrogen) atoms. The van der Waals surface area contributed by atoms with Gasteiger partial charge in [0.15, 0.2) is 0 Å². The van der Waals surface area contributed by atoms with Gasteiger partial charge in [-0.1, -0.05) is 0 Å². The fourth-order valence-electron chi connectivity index (χ4n) is 1.38. The Morgan fingerprint density at radius 3 is 2.73 bits per heavy atom. The van der Waals surface area contributed by atoms with Crippen LogP contribution < -0.4 is 10.6 Å². The van der Waals surface area contributed by atoms with Gasteiger partial charge in [0.05, 0.1) is 24.4 Å². The molecule has 0 spiro atoms. The number of pyridine rings is 1. The Kier molecular flexibility index (Phi) is 3.92. The van der Waals surface area contributed by atoms with E-state index in [9.17, 15) is 0 Å². The van der Waals surface area contributed by atoms with Gasteiger partial charge in [0, 0.05) is 12.6 Å². The van der Waals surface area contributed by atoms with Crippen LogP contribution in [0.2, 0.25) is 0 Å². The SMILES string of the molecule is CC(C)N(CCC#N)c1ccc(N)cn1. The van der Waals surface area contributed by atoms with Gasteiger partial charge in [-0.15, -0.1) is 0 Å². The Morgan fingerprint density at radius 2 is 2.27 bits per heavy atom. The summed E-state index contributed by atoms with van der Waals surface area (Å²) in [6.45, 7) is 4.86. The van der Waals surface area contributed by atoms with Crippen LogP contribution in [0.1, 0.15) is 20.3 Å². The van der Waals surface area contributed by atoms with Crippen molar-refractivity contribution in [1.82, 2.24) is 4.98 Å². The van der Waals surface area contributed by atoms with Gasteiger partial charge >= 0.3 is 0 Å². The molecule has 1 aromatic heterocycles. The highest BCUT2D eigenvalue weighted by molar-refractivity contribution is 5.46. The molecule has 0 saturated heterocycles. The van der Waals surface area contributed by atoms with Crippen LogP contribution in [0.15, 0.2) is 18.3 Å². The molecule has 0 bridgehead atoms. The smallest absolute Gasteiger partial charge is 0.128 e. The summed E-state index contributed by atoms with van der Waals surface area (Å²) in [4.78, 5) is 6.33. The van der Waals surface area contributed by atoms with E-state index < -0.39 is 0 Å². The third-order valence-corrected chi connectivity index (χ3v) is 2.15. The Balaban J connectivity index is 2.80. The number of nitrogens with two attached hydrogens (primary N) is 1. The Hall–Kier alpha value is -1.76. The van der Waals surface area contributed by atoms with Crippen LogP contribution in [-0.2, 0) is 0 Å². The van der Waals surface area contributed by atoms with Crippen molar-refractivity contribution in [1.29, 1.82) is 5.26 Å². The number of nitrogen functional groups attached to an aromatic ring is 1. The summed E-state index contributed by atoms with van der Waals surface area (Å²) in [7, 11) is 0. The molecule has 0 atom stereocenters. The van der Waals surface area contributed by atoms with Crippen molar-refractivity contribution < 1.29 is 0 Å². The van der Waals surface area contributed by atoms with Gasteiger partial charge in [0.25, 0.3) is 0 Å². The van der Waals surface area contributed by atoms with E-state index in [0.717, 1.165) is 5.82 Å². The predicted molar refractivity (Wildman–Crippen MR) is 61.4 cm³/mol. The average Bonchev–Trinajstić information content (AvgIpc) is 2.21. The van der Waals surface area contributed by atoms with E-state index in [0.29, 0.717) is 24.7 Å². The maximum atomic E-state index is 8.57. The van der Waals surface area contributed by atoms with E-state index in [2.05, 4.69) is 29.8 Å². The van der Waals surface area contributed by atoms with Gasteiger partial charge in [0.2, 0.25) is 0 Å². The molecule has 1 heterocycles. The normalized spacial score (nSPS) is 10.0. The summed E-state index contributed by atoms with van der Waals surface area (Å²) in [6, 6.07) is 6.17. The zero-order chi connectivity index (χ0) is 11.3. The van der Waals surface area contributed by atoms with E-state index in [1.807, 2.05) is 12.1 Å². The topological polar surface area (TPSA) is 65.9 Å². The molecule has 80 valence electrons. The summed E-state index contributed by atoms with van der Waals surface area (Å²) in [6.07, 6.45) is 2.14. The van der Waals surface area contributed by atoms with Crippen molar-refractivity contribution in [3.63, 3.8) is 0 Å². The highest BCUT2D eigenvalue weighted by Crippen LogP contribution is 2.15. The molecule has 2 N–H and O–H groups in total. The largest absolute Gasteiger partial charge is 0.397 e. The number of aromatic nitrogens is 1. The van der Waals surface area contributed by atoms with Crippen LogP contribution in [-0.4, -0.2) is 17.6 Å². The fourth-order valence-corrected chi connectivity index (χ4v) is 1.38. The van der Waals surface area contributed by atoms with Crippen LogP contribution in [0.4, 0.5) is 11.5 Å². The molecule has 0 aromatic carbocycles. The van der Waals surface area contributed by atoms with Gasteiger partial charge in [0.1, 0.15) is 5.82 Å². The number of nitrogens with zero attached hydrogens (tertiary/aromatic N) is 3. The van der Waals surface area contributed by atoms with E-state index in [4.69, 9.17) is 11.0 Å². The molecule has 0 radical (unpaired) electrons. The van der Waals surface area contributed by atoms with Crippen molar-refractivity contribution in [3.05, 3.63) is 18.3 Å². The molecule has 1 aromatic rings. The second kappa shape index (κ2) is 5.20. The molecular weight excluding hydrogens is 188 g/mol. The summed E-state index contributed by atoms with van der Waals surface area (Å²) < 4.78 is 0.